The summed E-state index contributed by atoms with van der Waals surface area (Å²) < 4.78 is 36.5. The smallest absolute Gasteiger partial charge is 0.323 e. The van der Waals surface area contributed by atoms with Crippen LogP contribution in [-0.4, -0.2) is 11.2 Å². The minimum Gasteiger partial charge on any atom is -0.323 e. The topological polar surface area (TPSA) is 38.9 Å². The van der Waals surface area contributed by atoms with Crippen LogP contribution in [0.2, 0.25) is 0 Å². The van der Waals surface area contributed by atoms with Gasteiger partial charge in [0.2, 0.25) is 0 Å². The Bertz CT molecular complexity index is 310. The molecule has 15 heavy (non-hydrogen) atoms. The van der Waals surface area contributed by atoms with Crippen molar-refractivity contribution in [1.82, 2.24) is 4.98 Å². The molecular formula is C9H10BrF3N2. The summed E-state index contributed by atoms with van der Waals surface area (Å²) in [5.74, 6) is 0. The van der Waals surface area contributed by atoms with Gasteiger partial charge in [0.15, 0.2) is 0 Å². The first kappa shape index (κ1) is 12.4. The van der Waals surface area contributed by atoms with E-state index in [1.165, 1.54) is 6.20 Å². The summed E-state index contributed by atoms with van der Waals surface area (Å²) in [5, 5.41) is 0. The van der Waals surface area contributed by atoms with Gasteiger partial charge in [-0.05, 0) is 34.5 Å². The zero-order valence-corrected chi connectivity index (χ0v) is 9.35. The van der Waals surface area contributed by atoms with Crippen LogP contribution < -0.4 is 5.73 Å². The van der Waals surface area contributed by atoms with E-state index in [4.69, 9.17) is 5.73 Å². The average Bonchev–Trinajstić information content (AvgIpc) is 2.14. The molecule has 0 aliphatic heterocycles. The fourth-order valence-electron chi connectivity index (χ4n) is 1.07. The van der Waals surface area contributed by atoms with Crippen molar-refractivity contribution in [2.24, 2.45) is 5.73 Å². The first-order chi connectivity index (χ1) is 6.88. The Morgan fingerprint density at radius 1 is 1.40 bits per heavy atom. The number of pyridine rings is 1. The van der Waals surface area contributed by atoms with Crippen LogP contribution in [0.3, 0.4) is 0 Å². The van der Waals surface area contributed by atoms with Crippen LogP contribution in [0.15, 0.2) is 22.8 Å². The first-order valence-corrected chi connectivity index (χ1v) is 5.11. The van der Waals surface area contributed by atoms with Crippen molar-refractivity contribution in [2.45, 2.75) is 25.1 Å². The summed E-state index contributed by atoms with van der Waals surface area (Å²) >= 11 is 3.18. The molecule has 1 aromatic heterocycles. The van der Waals surface area contributed by atoms with Crippen molar-refractivity contribution in [3.63, 3.8) is 0 Å². The fourth-order valence-corrected chi connectivity index (χ4v) is 1.31. The lowest BCUT2D eigenvalue weighted by atomic mass is 10.1. The maximum atomic E-state index is 11.9. The Balaban J connectivity index is 2.54. The molecular weight excluding hydrogens is 273 g/mol. The Morgan fingerprint density at radius 3 is 2.53 bits per heavy atom. The van der Waals surface area contributed by atoms with Gasteiger partial charge in [-0.15, -0.1) is 0 Å². The molecule has 0 spiro atoms. The fraction of sp³-hybridized carbons (Fsp3) is 0.444. The third kappa shape index (κ3) is 4.61. The minimum atomic E-state index is -4.16. The highest BCUT2D eigenvalue weighted by atomic mass is 79.9. The molecule has 0 amide bonds. The molecule has 0 bridgehead atoms. The number of hydrogen-bond acceptors (Lipinski definition) is 2. The lowest BCUT2D eigenvalue weighted by molar-refractivity contribution is -0.136. The van der Waals surface area contributed by atoms with Crippen LogP contribution in [0.5, 0.6) is 0 Å². The van der Waals surface area contributed by atoms with Gasteiger partial charge in [-0.1, -0.05) is 0 Å². The van der Waals surface area contributed by atoms with Crippen molar-refractivity contribution in [3.8, 4) is 0 Å². The number of aromatic nitrogens is 1. The van der Waals surface area contributed by atoms with Crippen LogP contribution in [-0.2, 0) is 0 Å². The van der Waals surface area contributed by atoms with Gasteiger partial charge in [-0.25, -0.2) is 0 Å². The third-order valence-electron chi connectivity index (χ3n) is 1.87. The standard InChI is InChI=1S/C9H10BrF3N2/c10-6-1-2-8(15-5-6)7(14)3-4-9(11,12)13/h1-2,5,7H,3-4,14H2/t7-/m1/s1. The predicted octanol–water partition coefficient (Wildman–Crippen LogP) is 3.19. The van der Waals surface area contributed by atoms with E-state index in [1.807, 2.05) is 0 Å². The number of alkyl halides is 3. The molecule has 84 valence electrons. The van der Waals surface area contributed by atoms with E-state index in [2.05, 4.69) is 20.9 Å². The van der Waals surface area contributed by atoms with Crippen LogP contribution in [0, 0.1) is 0 Å². The van der Waals surface area contributed by atoms with Crippen LogP contribution in [0.4, 0.5) is 13.2 Å². The highest BCUT2D eigenvalue weighted by Gasteiger charge is 2.27. The maximum Gasteiger partial charge on any atom is 0.389 e. The summed E-state index contributed by atoms with van der Waals surface area (Å²) in [6.07, 6.45) is -3.67. The highest BCUT2D eigenvalue weighted by Crippen LogP contribution is 2.25. The van der Waals surface area contributed by atoms with E-state index >= 15 is 0 Å². The van der Waals surface area contributed by atoms with E-state index in [0.717, 1.165) is 4.47 Å². The van der Waals surface area contributed by atoms with Gasteiger partial charge in [-0.2, -0.15) is 13.2 Å². The van der Waals surface area contributed by atoms with Crippen molar-refractivity contribution in [3.05, 3.63) is 28.5 Å². The van der Waals surface area contributed by atoms with Gasteiger partial charge >= 0.3 is 6.18 Å². The zero-order chi connectivity index (χ0) is 11.5. The van der Waals surface area contributed by atoms with E-state index < -0.39 is 18.6 Å². The Hall–Kier alpha value is -0.620. The molecule has 0 radical (unpaired) electrons. The lowest BCUT2D eigenvalue weighted by Gasteiger charge is -2.12. The number of rotatable bonds is 3. The van der Waals surface area contributed by atoms with E-state index in [0.29, 0.717) is 5.69 Å². The van der Waals surface area contributed by atoms with Gasteiger partial charge in [0.1, 0.15) is 0 Å². The predicted molar refractivity (Wildman–Crippen MR) is 54.2 cm³/mol. The summed E-state index contributed by atoms with van der Waals surface area (Å²) in [7, 11) is 0. The molecule has 1 rings (SSSR count). The molecule has 1 aromatic rings. The summed E-state index contributed by atoms with van der Waals surface area (Å²) in [6, 6.07) is 2.65. The molecule has 6 heteroatoms. The molecule has 0 aliphatic rings. The van der Waals surface area contributed by atoms with E-state index in [-0.39, 0.29) is 6.42 Å². The molecule has 2 nitrogen and oxygen atoms in total. The second-order valence-electron chi connectivity index (χ2n) is 3.16. The van der Waals surface area contributed by atoms with Gasteiger partial charge in [-0.3, -0.25) is 4.98 Å². The zero-order valence-electron chi connectivity index (χ0n) is 7.76. The second kappa shape index (κ2) is 4.94. The van der Waals surface area contributed by atoms with Crippen molar-refractivity contribution in [2.75, 3.05) is 0 Å². The normalized spacial score (nSPS) is 13.9. The van der Waals surface area contributed by atoms with Crippen LogP contribution in [0.1, 0.15) is 24.6 Å². The number of nitrogens with two attached hydrogens (primary N) is 1. The maximum absolute atomic E-state index is 11.9. The van der Waals surface area contributed by atoms with Crippen molar-refractivity contribution < 1.29 is 13.2 Å². The third-order valence-corrected chi connectivity index (χ3v) is 2.34. The summed E-state index contributed by atoms with van der Waals surface area (Å²) in [4.78, 5) is 3.94. The summed E-state index contributed by atoms with van der Waals surface area (Å²) in [6.45, 7) is 0. The molecule has 1 atom stereocenters. The van der Waals surface area contributed by atoms with E-state index in [9.17, 15) is 13.2 Å². The average molecular weight is 283 g/mol. The van der Waals surface area contributed by atoms with E-state index in [1.54, 1.807) is 12.1 Å². The molecule has 0 aliphatic carbocycles. The molecule has 0 saturated carbocycles. The molecule has 0 saturated heterocycles. The molecule has 0 unspecified atom stereocenters. The van der Waals surface area contributed by atoms with Crippen LogP contribution >= 0.6 is 15.9 Å². The van der Waals surface area contributed by atoms with Crippen molar-refractivity contribution in [1.29, 1.82) is 0 Å². The van der Waals surface area contributed by atoms with Gasteiger partial charge in [0.25, 0.3) is 0 Å². The lowest BCUT2D eigenvalue weighted by Crippen LogP contribution is -2.16. The monoisotopic (exact) mass is 282 g/mol. The van der Waals surface area contributed by atoms with Gasteiger partial charge in [0, 0.05) is 23.1 Å². The van der Waals surface area contributed by atoms with Crippen LogP contribution in [0.25, 0.3) is 0 Å². The minimum absolute atomic E-state index is 0.141. The number of halogens is 4. The Morgan fingerprint density at radius 2 is 2.07 bits per heavy atom. The summed E-state index contributed by atoms with van der Waals surface area (Å²) in [5.41, 5.74) is 6.05. The highest BCUT2D eigenvalue weighted by molar-refractivity contribution is 9.10. The molecule has 1 heterocycles. The number of nitrogens with zero attached hydrogens (tertiary/aromatic N) is 1. The molecule has 0 aromatic carbocycles. The largest absolute Gasteiger partial charge is 0.389 e. The first-order valence-electron chi connectivity index (χ1n) is 4.32. The molecule has 2 N–H and O–H groups in total. The SMILES string of the molecule is N[C@H](CCC(F)(F)F)c1ccc(Br)cn1. The quantitative estimate of drug-likeness (QED) is 0.925. The van der Waals surface area contributed by atoms with Gasteiger partial charge in [0.05, 0.1) is 5.69 Å². The number of hydrogen-bond donors (Lipinski definition) is 1. The second-order valence-corrected chi connectivity index (χ2v) is 4.08. The Labute approximate surface area is 93.8 Å². The Kier molecular flexibility index (Phi) is 4.10. The van der Waals surface area contributed by atoms with Gasteiger partial charge < -0.3 is 5.73 Å². The van der Waals surface area contributed by atoms with Crippen molar-refractivity contribution >= 4 is 15.9 Å². The molecule has 0 fully saturated rings.